The molecule has 2 N–H and O–H groups in total. The largest absolute Gasteiger partial charge is 0.494 e. The Hall–Kier alpha value is -2.15. The Bertz CT molecular complexity index is 627. The number of esters is 1. The van der Waals surface area contributed by atoms with Crippen molar-refractivity contribution in [3.8, 4) is 16.3 Å². The molecular weight excluding hydrogens is 271 g/mol. The number of hydrogen-bond acceptors (Lipinski definition) is 6. The molecule has 0 aliphatic carbocycles. The number of nitrogen functional groups attached to an aromatic ring is 1. The minimum absolute atomic E-state index is 0.0405. The van der Waals surface area contributed by atoms with E-state index in [2.05, 4.69) is 9.72 Å². The number of nitrogens with zero attached hydrogens (tertiary/aromatic N) is 1. The lowest BCUT2D eigenvalue weighted by Crippen LogP contribution is -2.04. The zero-order valence-corrected chi connectivity index (χ0v) is 11.1. The van der Waals surface area contributed by atoms with E-state index in [9.17, 15) is 9.18 Å². The zero-order chi connectivity index (χ0) is 14.0. The summed E-state index contributed by atoms with van der Waals surface area (Å²) in [6, 6.07) is 4.40. The summed E-state index contributed by atoms with van der Waals surface area (Å²) in [4.78, 5) is 15.5. The highest BCUT2D eigenvalue weighted by Crippen LogP contribution is 2.32. The molecular formula is C12H11FN2O3S. The normalized spacial score (nSPS) is 10.3. The first-order valence-corrected chi connectivity index (χ1v) is 6.07. The molecule has 0 bridgehead atoms. The molecule has 1 aromatic heterocycles. The fourth-order valence-electron chi connectivity index (χ4n) is 1.50. The van der Waals surface area contributed by atoms with Crippen LogP contribution in [0, 0.1) is 5.82 Å². The number of thiazole rings is 1. The third-order valence-corrected chi connectivity index (χ3v) is 3.36. The molecule has 0 fully saturated rings. The maximum absolute atomic E-state index is 13.6. The number of anilines is 1. The first kappa shape index (κ1) is 13.3. The molecule has 2 aromatic rings. The van der Waals surface area contributed by atoms with Crippen molar-refractivity contribution >= 4 is 22.3 Å². The Morgan fingerprint density at radius 1 is 1.42 bits per heavy atom. The average molecular weight is 282 g/mol. The van der Waals surface area contributed by atoms with Crippen molar-refractivity contribution in [3.63, 3.8) is 0 Å². The number of hydrogen-bond donors (Lipinski definition) is 1. The number of methoxy groups -OCH3 is 2. The van der Waals surface area contributed by atoms with E-state index >= 15 is 0 Å². The van der Waals surface area contributed by atoms with Crippen LogP contribution in [0.4, 0.5) is 9.39 Å². The van der Waals surface area contributed by atoms with E-state index in [4.69, 9.17) is 10.5 Å². The number of rotatable bonds is 3. The minimum Gasteiger partial charge on any atom is -0.494 e. The van der Waals surface area contributed by atoms with E-state index in [1.807, 2.05) is 0 Å². The highest BCUT2D eigenvalue weighted by atomic mass is 32.1. The molecule has 0 saturated heterocycles. The van der Waals surface area contributed by atoms with Gasteiger partial charge in [0.2, 0.25) is 0 Å². The summed E-state index contributed by atoms with van der Waals surface area (Å²) in [5.41, 5.74) is 6.25. The van der Waals surface area contributed by atoms with E-state index in [0.29, 0.717) is 10.6 Å². The Morgan fingerprint density at radius 2 is 2.16 bits per heavy atom. The number of aromatic nitrogens is 1. The molecule has 7 heteroatoms. The van der Waals surface area contributed by atoms with Gasteiger partial charge in [-0.3, -0.25) is 0 Å². The van der Waals surface area contributed by atoms with Crippen molar-refractivity contribution < 1.29 is 18.7 Å². The molecule has 1 heterocycles. The number of halogens is 1. The highest BCUT2D eigenvalue weighted by molar-refractivity contribution is 7.19. The first-order valence-electron chi connectivity index (χ1n) is 5.25. The third-order valence-electron chi connectivity index (χ3n) is 2.43. The van der Waals surface area contributed by atoms with E-state index in [-0.39, 0.29) is 16.4 Å². The molecule has 0 aliphatic heterocycles. The van der Waals surface area contributed by atoms with Gasteiger partial charge in [0.05, 0.1) is 14.2 Å². The average Bonchev–Trinajstić information content (AvgIpc) is 2.80. The second kappa shape index (κ2) is 5.23. The number of ether oxygens (including phenoxy) is 2. The van der Waals surface area contributed by atoms with Crippen LogP contribution in [0.25, 0.3) is 10.6 Å². The molecule has 19 heavy (non-hydrogen) atoms. The molecule has 0 radical (unpaired) electrons. The number of carbonyl (C=O) groups excluding carboxylic acids is 1. The topological polar surface area (TPSA) is 74.4 Å². The van der Waals surface area contributed by atoms with Gasteiger partial charge >= 0.3 is 5.97 Å². The smallest absolute Gasteiger partial charge is 0.359 e. The predicted octanol–water partition coefficient (Wildman–Crippen LogP) is 2.33. The van der Waals surface area contributed by atoms with Gasteiger partial charge in [-0.15, -0.1) is 0 Å². The molecule has 0 spiro atoms. The molecule has 5 nitrogen and oxygen atoms in total. The van der Waals surface area contributed by atoms with Crippen LogP contribution in [0.15, 0.2) is 18.2 Å². The Morgan fingerprint density at radius 3 is 2.74 bits per heavy atom. The maximum Gasteiger partial charge on any atom is 0.359 e. The SMILES string of the molecule is COC(=O)c1nc(-c2ccc(OC)c(F)c2)sc1N. The minimum atomic E-state index is -0.617. The van der Waals surface area contributed by atoms with Gasteiger partial charge in [0.25, 0.3) is 0 Å². The fraction of sp³-hybridized carbons (Fsp3) is 0.167. The van der Waals surface area contributed by atoms with Gasteiger partial charge in [-0.25, -0.2) is 14.2 Å². The Labute approximate surface area is 112 Å². The molecule has 0 amide bonds. The van der Waals surface area contributed by atoms with Crippen LogP contribution in [0.5, 0.6) is 5.75 Å². The van der Waals surface area contributed by atoms with Crippen LogP contribution in [0.1, 0.15) is 10.5 Å². The maximum atomic E-state index is 13.6. The Balaban J connectivity index is 2.42. The molecule has 100 valence electrons. The number of carbonyl (C=O) groups is 1. The van der Waals surface area contributed by atoms with Gasteiger partial charge in [-0.05, 0) is 18.2 Å². The molecule has 0 aliphatic rings. The third kappa shape index (κ3) is 2.50. The van der Waals surface area contributed by atoms with Gasteiger partial charge in [-0.1, -0.05) is 11.3 Å². The molecule has 2 rings (SSSR count). The van der Waals surface area contributed by atoms with E-state index in [1.54, 1.807) is 6.07 Å². The second-order valence-corrected chi connectivity index (χ2v) is 4.60. The summed E-state index contributed by atoms with van der Waals surface area (Å²) in [6.45, 7) is 0. The lowest BCUT2D eigenvalue weighted by molar-refractivity contribution is 0.0596. The second-order valence-electron chi connectivity index (χ2n) is 3.57. The van der Waals surface area contributed by atoms with Crippen LogP contribution < -0.4 is 10.5 Å². The van der Waals surface area contributed by atoms with Gasteiger partial charge in [0.15, 0.2) is 17.3 Å². The molecule has 0 atom stereocenters. The predicted molar refractivity (Wildman–Crippen MR) is 69.8 cm³/mol. The van der Waals surface area contributed by atoms with Crippen molar-refractivity contribution in [2.24, 2.45) is 0 Å². The van der Waals surface area contributed by atoms with E-state index < -0.39 is 11.8 Å². The molecule has 0 unspecified atom stereocenters. The standard InChI is InChI=1S/C12H11FN2O3S/c1-17-8-4-3-6(5-7(8)13)11-15-9(10(14)19-11)12(16)18-2/h3-5H,14H2,1-2H3. The van der Waals surface area contributed by atoms with Crippen LogP contribution in [0.3, 0.4) is 0 Å². The molecule has 0 saturated carbocycles. The number of nitrogens with two attached hydrogens (primary N) is 1. The van der Waals surface area contributed by atoms with Gasteiger partial charge < -0.3 is 15.2 Å². The van der Waals surface area contributed by atoms with Gasteiger partial charge in [0, 0.05) is 5.56 Å². The summed E-state index contributed by atoms with van der Waals surface area (Å²) in [5, 5.41) is 0.678. The molecule has 1 aromatic carbocycles. The van der Waals surface area contributed by atoms with Crippen molar-refractivity contribution in [3.05, 3.63) is 29.7 Å². The fourth-order valence-corrected chi connectivity index (χ4v) is 2.31. The van der Waals surface area contributed by atoms with E-state index in [1.165, 1.54) is 26.4 Å². The Kier molecular flexibility index (Phi) is 3.66. The highest BCUT2D eigenvalue weighted by Gasteiger charge is 2.18. The van der Waals surface area contributed by atoms with Crippen LogP contribution >= 0.6 is 11.3 Å². The summed E-state index contributed by atoms with van der Waals surface area (Å²) < 4.78 is 23.0. The number of benzene rings is 1. The summed E-state index contributed by atoms with van der Waals surface area (Å²) >= 11 is 1.09. The van der Waals surface area contributed by atoms with E-state index in [0.717, 1.165) is 11.3 Å². The zero-order valence-electron chi connectivity index (χ0n) is 10.3. The van der Waals surface area contributed by atoms with Gasteiger partial charge in [-0.2, -0.15) is 0 Å². The summed E-state index contributed by atoms with van der Waals surface area (Å²) in [7, 11) is 2.63. The lowest BCUT2D eigenvalue weighted by atomic mass is 10.2. The van der Waals surface area contributed by atoms with Crippen molar-refractivity contribution in [2.75, 3.05) is 20.0 Å². The van der Waals surface area contributed by atoms with Crippen molar-refractivity contribution in [1.29, 1.82) is 0 Å². The lowest BCUT2D eigenvalue weighted by Gasteiger charge is -2.02. The van der Waals surface area contributed by atoms with Crippen LogP contribution in [-0.2, 0) is 4.74 Å². The quantitative estimate of drug-likeness (QED) is 0.874. The monoisotopic (exact) mass is 282 g/mol. The van der Waals surface area contributed by atoms with Crippen molar-refractivity contribution in [1.82, 2.24) is 4.98 Å². The summed E-state index contributed by atoms with van der Waals surface area (Å²) in [6.07, 6.45) is 0. The van der Waals surface area contributed by atoms with Crippen LogP contribution in [0.2, 0.25) is 0 Å². The van der Waals surface area contributed by atoms with Crippen molar-refractivity contribution in [2.45, 2.75) is 0 Å². The van der Waals surface area contributed by atoms with Crippen LogP contribution in [-0.4, -0.2) is 25.2 Å². The summed E-state index contributed by atoms with van der Waals surface area (Å²) in [5.74, 6) is -0.983. The van der Waals surface area contributed by atoms with Gasteiger partial charge in [0.1, 0.15) is 10.0 Å². The first-order chi connectivity index (χ1) is 9.06.